The van der Waals surface area contributed by atoms with Crippen LogP contribution in [0.15, 0.2) is 24.3 Å². The second-order valence-electron chi connectivity index (χ2n) is 4.39. The summed E-state index contributed by atoms with van der Waals surface area (Å²) in [5.41, 5.74) is 2.37. The van der Waals surface area contributed by atoms with Crippen molar-refractivity contribution in [2.24, 2.45) is 0 Å². The minimum atomic E-state index is -0.794. The van der Waals surface area contributed by atoms with Crippen molar-refractivity contribution in [3.8, 4) is 0 Å². The molecule has 100 valence electrons. The Morgan fingerprint density at radius 2 is 2.22 bits per heavy atom. The molecule has 0 saturated carbocycles. The molecule has 1 aromatic rings. The lowest BCUT2D eigenvalue weighted by Crippen LogP contribution is -2.38. The van der Waals surface area contributed by atoms with Gasteiger partial charge in [0.1, 0.15) is 6.04 Å². The van der Waals surface area contributed by atoms with Crippen LogP contribution < -0.4 is 10.2 Å². The summed E-state index contributed by atoms with van der Waals surface area (Å²) in [6.45, 7) is 5.75. The first kappa shape index (κ1) is 14.5. The Morgan fingerprint density at radius 1 is 1.50 bits per heavy atom. The first-order chi connectivity index (χ1) is 8.58. The summed E-state index contributed by atoms with van der Waals surface area (Å²) < 4.78 is 0. The van der Waals surface area contributed by atoms with Gasteiger partial charge >= 0.3 is 5.97 Å². The highest BCUT2D eigenvalue weighted by Crippen LogP contribution is 2.16. The lowest BCUT2D eigenvalue weighted by molar-refractivity contribution is -0.139. The van der Waals surface area contributed by atoms with Crippen LogP contribution in [-0.4, -0.2) is 37.3 Å². The summed E-state index contributed by atoms with van der Waals surface area (Å²) in [7, 11) is 1.68. The number of hydrogen-bond donors (Lipinski definition) is 2. The van der Waals surface area contributed by atoms with Crippen molar-refractivity contribution in [3.63, 3.8) is 0 Å². The molecule has 0 saturated heterocycles. The number of carbonyl (C=O) groups is 1. The normalized spacial score (nSPS) is 12.2. The summed E-state index contributed by atoms with van der Waals surface area (Å²) in [5, 5.41) is 11.8. The Labute approximate surface area is 109 Å². The zero-order chi connectivity index (χ0) is 13.5. The zero-order valence-corrected chi connectivity index (χ0v) is 11.3. The number of carboxylic acids is 1. The minimum absolute atomic E-state index is 0.483. The molecule has 0 aliphatic rings. The molecule has 0 aliphatic heterocycles. The molecule has 0 fully saturated rings. The summed E-state index contributed by atoms with van der Waals surface area (Å²) in [4.78, 5) is 13.1. The van der Waals surface area contributed by atoms with E-state index in [1.165, 1.54) is 5.56 Å². The van der Waals surface area contributed by atoms with E-state index >= 15 is 0 Å². The van der Waals surface area contributed by atoms with Crippen molar-refractivity contribution in [1.82, 2.24) is 5.32 Å². The maximum Gasteiger partial charge on any atom is 0.320 e. The van der Waals surface area contributed by atoms with Crippen LogP contribution in [0, 0.1) is 6.92 Å². The van der Waals surface area contributed by atoms with E-state index in [9.17, 15) is 4.79 Å². The third-order valence-electron chi connectivity index (χ3n) is 3.08. The molecule has 1 unspecified atom stereocenters. The highest BCUT2D eigenvalue weighted by Gasteiger charge is 2.16. The van der Waals surface area contributed by atoms with E-state index in [0.717, 1.165) is 18.8 Å². The molecule has 0 amide bonds. The first-order valence-corrected chi connectivity index (χ1v) is 6.30. The number of nitrogens with zero attached hydrogens (tertiary/aromatic N) is 1. The fraction of sp³-hybridized carbons (Fsp3) is 0.500. The lowest BCUT2D eigenvalue weighted by atomic mass is 10.1. The highest BCUT2D eigenvalue weighted by molar-refractivity contribution is 5.73. The Kier molecular flexibility index (Phi) is 5.65. The number of benzene rings is 1. The average Bonchev–Trinajstić information content (AvgIpc) is 2.34. The standard InChI is InChI=1S/C14H22N2O2/c1-4-16(9-8-13(15-3)14(17)18)12-7-5-6-11(2)10-12/h5-7,10,13,15H,4,8-9H2,1-3H3,(H,17,18). The molecule has 18 heavy (non-hydrogen) atoms. The van der Waals surface area contributed by atoms with Crippen LogP contribution in [0.1, 0.15) is 18.9 Å². The summed E-state index contributed by atoms with van der Waals surface area (Å²) in [5.74, 6) is -0.794. The van der Waals surface area contributed by atoms with Gasteiger partial charge in [0, 0.05) is 18.8 Å². The SMILES string of the molecule is CCN(CCC(NC)C(=O)O)c1cccc(C)c1. The van der Waals surface area contributed by atoms with E-state index in [1.54, 1.807) is 7.05 Å². The number of hydrogen-bond acceptors (Lipinski definition) is 3. The maximum absolute atomic E-state index is 10.9. The van der Waals surface area contributed by atoms with E-state index in [2.05, 4.69) is 42.3 Å². The summed E-state index contributed by atoms with van der Waals surface area (Å²) >= 11 is 0. The van der Waals surface area contributed by atoms with Gasteiger partial charge in [0.2, 0.25) is 0 Å². The largest absolute Gasteiger partial charge is 0.480 e. The molecular weight excluding hydrogens is 228 g/mol. The summed E-state index contributed by atoms with van der Waals surface area (Å²) in [6.07, 6.45) is 0.591. The molecule has 0 heterocycles. The Hall–Kier alpha value is -1.55. The molecule has 0 spiro atoms. The third kappa shape index (κ3) is 4.04. The molecule has 1 rings (SSSR count). The Bertz CT molecular complexity index is 393. The van der Waals surface area contributed by atoms with Gasteiger partial charge in [-0.15, -0.1) is 0 Å². The molecule has 0 aromatic heterocycles. The second kappa shape index (κ2) is 7.01. The van der Waals surface area contributed by atoms with Gasteiger partial charge < -0.3 is 15.3 Å². The van der Waals surface area contributed by atoms with Gasteiger partial charge in [0.05, 0.1) is 0 Å². The molecule has 4 heteroatoms. The van der Waals surface area contributed by atoms with Crippen LogP contribution in [0.5, 0.6) is 0 Å². The van der Waals surface area contributed by atoms with Crippen molar-refractivity contribution in [1.29, 1.82) is 0 Å². The van der Waals surface area contributed by atoms with Crippen molar-refractivity contribution in [3.05, 3.63) is 29.8 Å². The molecule has 1 aromatic carbocycles. The fourth-order valence-electron chi connectivity index (χ4n) is 1.97. The van der Waals surface area contributed by atoms with Crippen molar-refractivity contribution in [2.45, 2.75) is 26.3 Å². The van der Waals surface area contributed by atoms with Gasteiger partial charge in [0.25, 0.3) is 0 Å². The molecule has 1 atom stereocenters. The highest BCUT2D eigenvalue weighted by atomic mass is 16.4. The smallest absolute Gasteiger partial charge is 0.320 e. The Morgan fingerprint density at radius 3 is 2.72 bits per heavy atom. The number of nitrogens with one attached hydrogen (secondary N) is 1. The second-order valence-corrected chi connectivity index (χ2v) is 4.39. The Balaban J connectivity index is 2.65. The fourth-order valence-corrected chi connectivity index (χ4v) is 1.97. The van der Waals surface area contributed by atoms with Gasteiger partial charge in [-0.05, 0) is 45.0 Å². The van der Waals surface area contributed by atoms with Gasteiger partial charge in [0.15, 0.2) is 0 Å². The molecule has 0 bridgehead atoms. The third-order valence-corrected chi connectivity index (χ3v) is 3.08. The van der Waals surface area contributed by atoms with Crippen LogP contribution in [0.25, 0.3) is 0 Å². The number of carboxylic acid groups (broad SMARTS) is 1. The van der Waals surface area contributed by atoms with Crippen molar-refractivity contribution >= 4 is 11.7 Å². The molecule has 0 radical (unpaired) electrons. The lowest BCUT2D eigenvalue weighted by Gasteiger charge is -2.25. The van der Waals surface area contributed by atoms with E-state index in [4.69, 9.17) is 5.11 Å². The number of aliphatic carboxylic acids is 1. The number of anilines is 1. The number of rotatable bonds is 7. The minimum Gasteiger partial charge on any atom is -0.480 e. The topological polar surface area (TPSA) is 52.6 Å². The van der Waals surface area contributed by atoms with Crippen LogP contribution in [0.3, 0.4) is 0 Å². The van der Waals surface area contributed by atoms with Crippen molar-refractivity contribution in [2.75, 3.05) is 25.0 Å². The molecular formula is C14H22N2O2. The predicted octanol–water partition coefficient (Wildman–Crippen LogP) is 1.88. The number of aryl methyl sites for hydroxylation is 1. The van der Waals surface area contributed by atoms with E-state index < -0.39 is 12.0 Å². The zero-order valence-electron chi connectivity index (χ0n) is 11.3. The molecule has 2 N–H and O–H groups in total. The van der Waals surface area contributed by atoms with Gasteiger partial charge in [-0.3, -0.25) is 4.79 Å². The monoisotopic (exact) mass is 250 g/mol. The van der Waals surface area contributed by atoms with Crippen LogP contribution in [0.2, 0.25) is 0 Å². The predicted molar refractivity (Wildman–Crippen MR) is 74.2 cm³/mol. The van der Waals surface area contributed by atoms with Crippen LogP contribution >= 0.6 is 0 Å². The van der Waals surface area contributed by atoms with E-state index in [0.29, 0.717) is 6.42 Å². The quantitative estimate of drug-likeness (QED) is 0.776. The van der Waals surface area contributed by atoms with Crippen LogP contribution in [0.4, 0.5) is 5.69 Å². The summed E-state index contributed by atoms with van der Waals surface area (Å²) in [6, 6.07) is 7.79. The number of likely N-dealkylation sites (N-methyl/N-ethyl adjacent to an activating group) is 1. The first-order valence-electron chi connectivity index (χ1n) is 6.30. The van der Waals surface area contributed by atoms with E-state index in [1.807, 2.05) is 6.07 Å². The van der Waals surface area contributed by atoms with Crippen molar-refractivity contribution < 1.29 is 9.90 Å². The molecule has 0 aliphatic carbocycles. The molecule has 4 nitrogen and oxygen atoms in total. The maximum atomic E-state index is 10.9. The average molecular weight is 250 g/mol. The van der Waals surface area contributed by atoms with Gasteiger partial charge in [-0.2, -0.15) is 0 Å². The van der Waals surface area contributed by atoms with Gasteiger partial charge in [-0.25, -0.2) is 0 Å². The van der Waals surface area contributed by atoms with Crippen LogP contribution in [-0.2, 0) is 4.79 Å². The van der Waals surface area contributed by atoms with E-state index in [-0.39, 0.29) is 0 Å². The van der Waals surface area contributed by atoms with Gasteiger partial charge in [-0.1, -0.05) is 12.1 Å².